The Balaban J connectivity index is 4.00. The van der Waals surface area contributed by atoms with Crippen LogP contribution in [0.25, 0.3) is 0 Å². The molecule has 0 unspecified atom stereocenters. The number of carbonyl (C=O) groups is 3. The van der Waals surface area contributed by atoms with Crippen molar-refractivity contribution in [2.24, 2.45) is 5.92 Å². The van der Waals surface area contributed by atoms with Crippen molar-refractivity contribution in [3.05, 3.63) is 0 Å². The molecule has 0 aromatic carbocycles. The van der Waals surface area contributed by atoms with Crippen molar-refractivity contribution in [2.45, 2.75) is 71.8 Å². The Hall–Kier alpha value is -1.79. The lowest BCUT2D eigenvalue weighted by Gasteiger charge is -2.18. The molecule has 0 heterocycles. The molecule has 0 aliphatic carbocycles. The van der Waals surface area contributed by atoms with Crippen LogP contribution in [-0.2, 0) is 9.59 Å². The van der Waals surface area contributed by atoms with E-state index in [1.807, 2.05) is 6.92 Å². The van der Waals surface area contributed by atoms with E-state index in [9.17, 15) is 14.4 Å². The zero-order chi connectivity index (χ0) is 18.4. The van der Waals surface area contributed by atoms with Gasteiger partial charge in [-0.25, -0.2) is 4.79 Å². The van der Waals surface area contributed by atoms with Gasteiger partial charge in [-0.3, -0.25) is 9.59 Å². The third-order valence-corrected chi connectivity index (χ3v) is 3.57. The molecule has 1 atom stereocenters. The van der Waals surface area contributed by atoms with Crippen molar-refractivity contribution >= 4 is 17.9 Å². The number of unbranched alkanes of at least 4 members (excludes halogenated alkanes) is 2. The summed E-state index contributed by atoms with van der Waals surface area (Å²) in [6, 6.07) is -0.875. The summed E-state index contributed by atoms with van der Waals surface area (Å²) in [6.45, 7) is 7.25. The maximum atomic E-state index is 12.1. The Bertz CT molecular complexity index is 386. The molecule has 0 aromatic rings. The smallest absolute Gasteiger partial charge is 0.315 e. The predicted octanol–water partition coefficient (Wildman–Crippen LogP) is 2.26. The van der Waals surface area contributed by atoms with E-state index in [0.29, 0.717) is 31.8 Å². The minimum Gasteiger partial charge on any atom is -0.481 e. The highest BCUT2D eigenvalue weighted by Gasteiger charge is 2.19. The molecule has 0 aliphatic rings. The van der Waals surface area contributed by atoms with Gasteiger partial charge in [0, 0.05) is 19.5 Å². The van der Waals surface area contributed by atoms with E-state index in [2.05, 4.69) is 29.8 Å². The summed E-state index contributed by atoms with van der Waals surface area (Å²) in [5.41, 5.74) is 0. The zero-order valence-electron chi connectivity index (χ0n) is 15.2. The molecule has 0 saturated heterocycles. The molecule has 7 heteroatoms. The highest BCUT2D eigenvalue weighted by atomic mass is 16.4. The van der Waals surface area contributed by atoms with Crippen LogP contribution in [0, 0.1) is 5.92 Å². The number of carboxylic acid groups (broad SMARTS) is 1. The van der Waals surface area contributed by atoms with Gasteiger partial charge < -0.3 is 21.1 Å². The van der Waals surface area contributed by atoms with Gasteiger partial charge in [-0.05, 0) is 31.6 Å². The summed E-state index contributed by atoms with van der Waals surface area (Å²) in [6.07, 6.45) is 4.54. The number of carbonyl (C=O) groups excluding carboxylic acids is 2. The number of hydrogen-bond donors (Lipinski definition) is 4. The fourth-order valence-electron chi connectivity index (χ4n) is 2.15. The Morgan fingerprint density at radius 1 is 0.958 bits per heavy atom. The van der Waals surface area contributed by atoms with Crippen LogP contribution in [0.4, 0.5) is 4.79 Å². The van der Waals surface area contributed by atoms with Crippen molar-refractivity contribution < 1.29 is 19.5 Å². The van der Waals surface area contributed by atoms with Gasteiger partial charge in [0.1, 0.15) is 6.04 Å². The summed E-state index contributed by atoms with van der Waals surface area (Å²) in [7, 11) is 0. The van der Waals surface area contributed by atoms with Crippen molar-refractivity contribution in [3.8, 4) is 0 Å². The second-order valence-electron chi connectivity index (χ2n) is 6.42. The van der Waals surface area contributed by atoms with Gasteiger partial charge in [-0.15, -0.1) is 0 Å². The van der Waals surface area contributed by atoms with Crippen LogP contribution >= 0.6 is 0 Å². The van der Waals surface area contributed by atoms with Crippen molar-refractivity contribution in [3.63, 3.8) is 0 Å². The first-order valence-electron chi connectivity index (χ1n) is 8.90. The lowest BCUT2D eigenvalue weighted by molar-refractivity contribution is -0.137. The topological polar surface area (TPSA) is 108 Å². The average Bonchev–Trinajstić information content (AvgIpc) is 2.49. The van der Waals surface area contributed by atoms with Crippen LogP contribution in [0.1, 0.15) is 65.7 Å². The van der Waals surface area contributed by atoms with Crippen molar-refractivity contribution in [2.75, 3.05) is 13.1 Å². The van der Waals surface area contributed by atoms with E-state index >= 15 is 0 Å². The summed E-state index contributed by atoms with van der Waals surface area (Å²) in [4.78, 5) is 34.4. The lowest BCUT2D eigenvalue weighted by atomic mass is 10.1. The standard InChI is InChI=1S/C17H33N3O4/c1-4-8-14(16(23)18-12-10-13(2)3)20-17(24)19-11-7-5-6-9-15(21)22/h13-14H,4-12H2,1-3H3,(H,18,23)(H,21,22)(H2,19,20,24)/t14-/m1/s1. The van der Waals surface area contributed by atoms with Crippen LogP contribution < -0.4 is 16.0 Å². The molecule has 0 fully saturated rings. The molecule has 24 heavy (non-hydrogen) atoms. The third kappa shape index (κ3) is 12.7. The molecule has 0 spiro atoms. The molecule has 0 bridgehead atoms. The quantitative estimate of drug-likeness (QED) is 0.385. The van der Waals surface area contributed by atoms with Gasteiger partial charge >= 0.3 is 12.0 Å². The largest absolute Gasteiger partial charge is 0.481 e. The summed E-state index contributed by atoms with van der Waals surface area (Å²) >= 11 is 0. The Labute approximate surface area is 145 Å². The molecule has 0 aliphatic heterocycles. The minimum atomic E-state index is -0.799. The molecular formula is C17H33N3O4. The number of nitrogens with one attached hydrogen (secondary N) is 3. The molecule has 0 saturated carbocycles. The van der Waals surface area contributed by atoms with Crippen LogP contribution in [0.5, 0.6) is 0 Å². The first-order chi connectivity index (χ1) is 11.4. The number of urea groups is 1. The van der Waals surface area contributed by atoms with Gasteiger partial charge in [-0.1, -0.05) is 33.6 Å². The number of rotatable bonds is 13. The van der Waals surface area contributed by atoms with Gasteiger partial charge in [0.15, 0.2) is 0 Å². The predicted molar refractivity (Wildman–Crippen MR) is 93.8 cm³/mol. The summed E-state index contributed by atoms with van der Waals surface area (Å²) in [5, 5.41) is 16.8. The van der Waals surface area contributed by atoms with Gasteiger partial charge in [-0.2, -0.15) is 0 Å². The minimum absolute atomic E-state index is 0.144. The van der Waals surface area contributed by atoms with E-state index in [1.54, 1.807) is 0 Å². The lowest BCUT2D eigenvalue weighted by Crippen LogP contribution is -2.50. The number of amides is 3. The second-order valence-corrected chi connectivity index (χ2v) is 6.42. The summed E-state index contributed by atoms with van der Waals surface area (Å²) < 4.78 is 0. The molecular weight excluding hydrogens is 310 g/mol. The Kier molecular flexibility index (Phi) is 12.6. The van der Waals surface area contributed by atoms with Crippen LogP contribution in [0.15, 0.2) is 0 Å². The summed E-state index contributed by atoms with van der Waals surface area (Å²) in [5.74, 6) is -0.423. The fourth-order valence-corrected chi connectivity index (χ4v) is 2.15. The Morgan fingerprint density at radius 2 is 1.67 bits per heavy atom. The SMILES string of the molecule is CCC[C@@H](NC(=O)NCCCCCC(=O)O)C(=O)NCCC(C)C. The van der Waals surface area contributed by atoms with Crippen molar-refractivity contribution in [1.82, 2.24) is 16.0 Å². The molecule has 4 N–H and O–H groups in total. The molecule has 0 radical (unpaired) electrons. The average molecular weight is 343 g/mol. The van der Waals surface area contributed by atoms with E-state index in [4.69, 9.17) is 5.11 Å². The van der Waals surface area contributed by atoms with Gasteiger partial charge in [0.2, 0.25) is 5.91 Å². The maximum absolute atomic E-state index is 12.1. The van der Waals surface area contributed by atoms with E-state index < -0.39 is 12.0 Å². The van der Waals surface area contributed by atoms with Gasteiger partial charge in [0.05, 0.1) is 0 Å². The first kappa shape index (κ1) is 22.2. The normalized spacial score (nSPS) is 11.8. The number of hydrogen-bond acceptors (Lipinski definition) is 3. The van der Waals surface area contributed by atoms with Crippen LogP contribution in [0.3, 0.4) is 0 Å². The highest BCUT2D eigenvalue weighted by molar-refractivity contribution is 5.86. The third-order valence-electron chi connectivity index (χ3n) is 3.57. The van der Waals surface area contributed by atoms with E-state index in [0.717, 1.165) is 25.7 Å². The van der Waals surface area contributed by atoms with Gasteiger partial charge in [0.25, 0.3) is 0 Å². The molecule has 0 rings (SSSR count). The highest BCUT2D eigenvalue weighted by Crippen LogP contribution is 2.01. The molecule has 3 amide bonds. The second kappa shape index (κ2) is 13.6. The number of carboxylic acids is 1. The van der Waals surface area contributed by atoms with E-state index in [1.165, 1.54) is 0 Å². The van der Waals surface area contributed by atoms with Crippen LogP contribution in [0.2, 0.25) is 0 Å². The van der Waals surface area contributed by atoms with Crippen LogP contribution in [-0.4, -0.2) is 42.1 Å². The van der Waals surface area contributed by atoms with E-state index in [-0.39, 0.29) is 18.4 Å². The van der Waals surface area contributed by atoms with Crippen molar-refractivity contribution in [1.29, 1.82) is 0 Å². The molecule has 140 valence electrons. The monoisotopic (exact) mass is 343 g/mol. The first-order valence-corrected chi connectivity index (χ1v) is 8.90. The molecule has 7 nitrogen and oxygen atoms in total. The Morgan fingerprint density at radius 3 is 2.25 bits per heavy atom. The maximum Gasteiger partial charge on any atom is 0.315 e. The fraction of sp³-hybridized carbons (Fsp3) is 0.824. The number of aliphatic carboxylic acids is 1. The zero-order valence-corrected chi connectivity index (χ0v) is 15.2. The molecule has 0 aromatic heterocycles.